The second kappa shape index (κ2) is 25.5. The highest BCUT2D eigenvalue weighted by atomic mass is 32.2. The third-order valence-corrected chi connectivity index (χ3v) is 17.8. The molecule has 4 heterocycles. The number of piperazine rings is 2. The molecule has 5 aromatic rings. The maximum atomic E-state index is 15.1. The number of carbonyl (C=O) groups is 4. The maximum Gasteiger partial charge on any atom is 0.411 e. The van der Waals surface area contributed by atoms with Crippen molar-refractivity contribution in [3.8, 4) is 20.9 Å². The number of amides is 4. The highest BCUT2D eigenvalue weighted by Gasteiger charge is 2.36. The topological polar surface area (TPSA) is 260 Å². The Morgan fingerprint density at radius 1 is 0.613 bits per heavy atom. The standard InChI is InChI=1S/C54H72N10O12S4/c1-34(2)74-50(66)57-39-17-19-40(43-32-55-47(77-43)61-21-25-63(26-22-61)51(67)75-35(3)4)44(29-39)80(71,72)60-54(10,11)31-42-46(78-48(58-42)62-23-27-64(28-24-62)52(68)76-36(5)6)41-20-18-38(30-45(41)79(69,70)59-53(7,8)9)56-49(65)73-33-37-15-13-12-14-16-37/h12-20,29-30,32,34-36,59-60H,21-28,31,33H2,1-11H3,(H,56,65)(H,57,66). The highest BCUT2D eigenvalue weighted by Crippen LogP contribution is 2.42. The summed E-state index contributed by atoms with van der Waals surface area (Å²) in [5, 5.41) is 6.42. The van der Waals surface area contributed by atoms with Crippen molar-refractivity contribution in [1.29, 1.82) is 0 Å². The lowest BCUT2D eigenvalue weighted by Gasteiger charge is -2.34. The van der Waals surface area contributed by atoms with E-state index in [2.05, 4.69) is 25.1 Å². The van der Waals surface area contributed by atoms with E-state index in [4.69, 9.17) is 23.9 Å². The first kappa shape index (κ1) is 61.0. The molecule has 4 amide bonds. The van der Waals surface area contributed by atoms with Gasteiger partial charge < -0.3 is 38.5 Å². The molecule has 434 valence electrons. The predicted molar refractivity (Wildman–Crippen MR) is 310 cm³/mol. The van der Waals surface area contributed by atoms with Crippen molar-refractivity contribution in [2.24, 2.45) is 0 Å². The van der Waals surface area contributed by atoms with Gasteiger partial charge in [-0.2, -0.15) is 0 Å². The van der Waals surface area contributed by atoms with Crippen LogP contribution >= 0.6 is 22.7 Å². The van der Waals surface area contributed by atoms with Gasteiger partial charge in [-0.15, -0.1) is 0 Å². The Kier molecular flexibility index (Phi) is 19.4. The Hall–Kier alpha value is -6.58. The number of hydrogen-bond donors (Lipinski definition) is 4. The molecule has 2 aliphatic heterocycles. The van der Waals surface area contributed by atoms with Crippen LogP contribution < -0.4 is 29.9 Å². The van der Waals surface area contributed by atoms with Gasteiger partial charge >= 0.3 is 24.4 Å². The second-order valence-electron chi connectivity index (χ2n) is 21.8. The molecule has 2 saturated heterocycles. The lowest BCUT2D eigenvalue weighted by atomic mass is 9.98. The molecular formula is C54H72N10O12S4. The van der Waals surface area contributed by atoms with Gasteiger partial charge in [0.25, 0.3) is 0 Å². The van der Waals surface area contributed by atoms with E-state index < -0.39 is 61.6 Å². The predicted octanol–water partition coefficient (Wildman–Crippen LogP) is 9.35. The fraction of sp³-hybridized carbons (Fsp3) is 0.481. The summed E-state index contributed by atoms with van der Waals surface area (Å²) >= 11 is 2.48. The molecule has 0 bridgehead atoms. The zero-order valence-electron chi connectivity index (χ0n) is 46.9. The molecule has 3 aromatic carbocycles. The fourth-order valence-electron chi connectivity index (χ4n) is 8.66. The summed E-state index contributed by atoms with van der Waals surface area (Å²) in [6, 6.07) is 18.1. The number of aromatic nitrogens is 2. The molecule has 80 heavy (non-hydrogen) atoms. The number of nitrogens with zero attached hydrogens (tertiary/aromatic N) is 6. The van der Waals surface area contributed by atoms with Crippen molar-refractivity contribution in [3.63, 3.8) is 0 Å². The molecule has 2 fully saturated rings. The summed E-state index contributed by atoms with van der Waals surface area (Å²) in [7, 11) is -8.88. The third-order valence-electron chi connectivity index (χ3n) is 12.0. The van der Waals surface area contributed by atoms with Gasteiger partial charge in [0, 0.05) is 98.6 Å². The van der Waals surface area contributed by atoms with Crippen LogP contribution in [0.25, 0.3) is 20.9 Å². The minimum absolute atomic E-state index is 0.0256. The minimum atomic E-state index is -4.52. The molecule has 22 nitrogen and oxygen atoms in total. The van der Waals surface area contributed by atoms with Gasteiger partial charge in [0.1, 0.15) is 6.61 Å². The molecule has 0 unspecified atom stereocenters. The summed E-state index contributed by atoms with van der Waals surface area (Å²) in [4.78, 5) is 69.1. The first-order chi connectivity index (χ1) is 37.5. The van der Waals surface area contributed by atoms with Crippen molar-refractivity contribution in [1.82, 2.24) is 29.2 Å². The fourth-order valence-corrected chi connectivity index (χ4v) is 14.3. The average molecular weight is 1180 g/mol. The highest BCUT2D eigenvalue weighted by molar-refractivity contribution is 7.90. The van der Waals surface area contributed by atoms with Gasteiger partial charge in [0.2, 0.25) is 20.0 Å². The van der Waals surface area contributed by atoms with Gasteiger partial charge in [-0.1, -0.05) is 65.1 Å². The van der Waals surface area contributed by atoms with Gasteiger partial charge in [-0.05, 0) is 106 Å². The number of rotatable bonds is 18. The number of sulfonamides is 2. The van der Waals surface area contributed by atoms with E-state index >= 15 is 8.42 Å². The molecule has 0 atom stereocenters. The molecule has 4 N–H and O–H groups in total. The molecule has 26 heteroatoms. The molecule has 2 aliphatic rings. The Bertz CT molecular complexity index is 3240. The van der Waals surface area contributed by atoms with Gasteiger partial charge in [-0.3, -0.25) is 10.6 Å². The van der Waals surface area contributed by atoms with E-state index in [0.29, 0.717) is 83.6 Å². The molecule has 2 aromatic heterocycles. The first-order valence-electron chi connectivity index (χ1n) is 26.2. The van der Waals surface area contributed by atoms with E-state index in [1.54, 1.807) is 129 Å². The van der Waals surface area contributed by atoms with Crippen LogP contribution in [0.5, 0.6) is 0 Å². The van der Waals surface area contributed by atoms with E-state index in [1.807, 2.05) is 28.0 Å². The van der Waals surface area contributed by atoms with E-state index in [1.165, 1.54) is 34.8 Å². The van der Waals surface area contributed by atoms with Gasteiger partial charge in [0.15, 0.2) is 10.3 Å². The smallest absolute Gasteiger partial charge is 0.411 e. The number of anilines is 4. The van der Waals surface area contributed by atoms with Crippen LogP contribution in [0.15, 0.2) is 82.7 Å². The monoisotopic (exact) mass is 1180 g/mol. The third kappa shape index (κ3) is 16.5. The number of carbonyl (C=O) groups excluding carboxylic acids is 4. The van der Waals surface area contributed by atoms with E-state index in [9.17, 15) is 27.6 Å². The lowest BCUT2D eigenvalue weighted by molar-refractivity contribution is 0.0742. The molecule has 7 rings (SSSR count). The number of ether oxygens (including phenoxy) is 4. The summed E-state index contributed by atoms with van der Waals surface area (Å²) in [5.41, 5.74) is -0.369. The van der Waals surface area contributed by atoms with Gasteiger partial charge in [0.05, 0.1) is 43.6 Å². The minimum Gasteiger partial charge on any atom is -0.447 e. The van der Waals surface area contributed by atoms with Gasteiger partial charge in [-0.25, -0.2) is 55.4 Å². The van der Waals surface area contributed by atoms with E-state index in [0.717, 1.165) is 5.56 Å². The molecule has 0 spiro atoms. The van der Waals surface area contributed by atoms with Crippen LogP contribution in [0.4, 0.5) is 40.8 Å². The zero-order valence-corrected chi connectivity index (χ0v) is 50.2. The van der Waals surface area contributed by atoms with E-state index in [-0.39, 0.29) is 52.0 Å². The number of hydrogen-bond acceptors (Lipinski definition) is 18. The second-order valence-corrected chi connectivity index (χ2v) is 27.1. The maximum absolute atomic E-state index is 15.1. The molecular weight excluding hydrogens is 1110 g/mol. The number of benzene rings is 3. The van der Waals surface area contributed by atoms with Crippen molar-refractivity contribution < 1.29 is 55.0 Å². The van der Waals surface area contributed by atoms with Crippen LogP contribution in [0.2, 0.25) is 0 Å². The number of nitrogens with one attached hydrogen (secondary N) is 4. The van der Waals surface area contributed by atoms with Crippen LogP contribution in [0.3, 0.4) is 0 Å². The first-order valence-corrected chi connectivity index (χ1v) is 30.8. The molecule has 0 aliphatic carbocycles. The molecule has 0 radical (unpaired) electrons. The summed E-state index contributed by atoms with van der Waals surface area (Å²) in [6.07, 6.45) is -1.94. The van der Waals surface area contributed by atoms with Crippen molar-refractivity contribution >= 4 is 88.7 Å². The van der Waals surface area contributed by atoms with Crippen molar-refractivity contribution in [3.05, 3.63) is 84.2 Å². The average Bonchev–Trinajstić information content (AvgIpc) is 4.05. The lowest BCUT2D eigenvalue weighted by Crippen LogP contribution is -2.49. The zero-order chi connectivity index (χ0) is 58.3. The van der Waals surface area contributed by atoms with Crippen LogP contribution in [0.1, 0.15) is 87.4 Å². The summed E-state index contributed by atoms with van der Waals surface area (Å²) < 4.78 is 86.7. The largest absolute Gasteiger partial charge is 0.447 e. The quantitative estimate of drug-likeness (QED) is 0.0596. The van der Waals surface area contributed by atoms with Crippen LogP contribution in [-0.4, -0.2) is 143 Å². The Labute approximate surface area is 476 Å². The summed E-state index contributed by atoms with van der Waals surface area (Å²) in [5.74, 6) is 0. The Balaban J connectivity index is 1.25. The van der Waals surface area contributed by atoms with Crippen LogP contribution in [0, 0.1) is 0 Å². The number of thiazole rings is 2. The Morgan fingerprint density at radius 3 is 1.65 bits per heavy atom. The normalized spacial score (nSPS) is 14.6. The molecule has 0 saturated carbocycles. The SMILES string of the molecule is CC(C)OC(=O)Nc1ccc(-c2cnc(N3CCN(C(=O)OC(C)C)CC3)s2)c(S(=O)(=O)NC(C)(C)Cc2nc(N3CCN(C(=O)OC(C)C)CC3)sc2-c2ccc(NC(=O)OCc3ccccc3)cc2S(=O)(=O)NC(C)(C)C)c1. The summed E-state index contributed by atoms with van der Waals surface area (Å²) in [6.45, 7) is 22.1. The Morgan fingerprint density at radius 2 is 1.11 bits per heavy atom. The van der Waals surface area contributed by atoms with Crippen LogP contribution in [-0.2, 0) is 52.0 Å². The van der Waals surface area contributed by atoms with Crippen molar-refractivity contribution in [2.75, 3.05) is 72.8 Å². The van der Waals surface area contributed by atoms with Crippen molar-refractivity contribution in [2.45, 2.75) is 128 Å².